The minimum atomic E-state index is -1.11. The van der Waals surface area contributed by atoms with Crippen LogP contribution in [0.15, 0.2) is 62.0 Å². The van der Waals surface area contributed by atoms with Gasteiger partial charge in [-0.25, -0.2) is 73.8 Å². The highest BCUT2D eigenvalue weighted by molar-refractivity contribution is 5.88. The number of carbonyl (C=O) groups is 6. The minimum absolute atomic E-state index is 0.0329. The van der Waals surface area contributed by atoms with Gasteiger partial charge >= 0.3 is 29.8 Å². The van der Waals surface area contributed by atoms with Crippen molar-refractivity contribution in [2.24, 2.45) is 5.73 Å². The largest absolute Gasteiger partial charge is 0.477 e. The molecule has 6 saturated heterocycles. The molecule has 0 aliphatic carbocycles. The van der Waals surface area contributed by atoms with Crippen LogP contribution in [0.5, 0.6) is 0 Å². The van der Waals surface area contributed by atoms with Crippen LogP contribution < -0.4 is 36.0 Å². The van der Waals surface area contributed by atoms with Crippen molar-refractivity contribution < 1.29 is 54.3 Å². The van der Waals surface area contributed by atoms with E-state index < -0.39 is 29.8 Å². The van der Waals surface area contributed by atoms with Crippen molar-refractivity contribution in [2.45, 2.75) is 57.2 Å². The SMILES string of the molecule is CC1CN(c2cc(C(=O)O)ncn2)CCN1C.NCCNc1cc(C(=O)O)ncn1.O=C(O)c1cc(N2CCN3CCCC3C2)ncn1.O=C(O)c1cc(N2CCN3CCCCC3C2)ncn1.O=C1CN(c2cc(C(=O)O)ncn2)CCN1. The molecule has 0 bridgehead atoms. The van der Waals surface area contributed by atoms with Crippen molar-refractivity contribution in [3.63, 3.8) is 0 Å². The fraction of sp³-hybridized carbons (Fsp3) is 0.500. The van der Waals surface area contributed by atoms with Gasteiger partial charge in [0, 0.05) is 134 Å². The molecule has 0 aromatic carbocycles. The van der Waals surface area contributed by atoms with E-state index in [2.05, 4.69) is 104 Å². The number of piperazine rings is 4. The van der Waals surface area contributed by atoms with Crippen molar-refractivity contribution in [1.29, 1.82) is 0 Å². The smallest absolute Gasteiger partial charge is 0.354 e. The highest BCUT2D eigenvalue weighted by Crippen LogP contribution is 2.26. The molecule has 6 aliphatic rings. The molecular weight excluding hydrogens is 1080 g/mol. The number of amides is 1. The number of nitrogens with one attached hydrogen (secondary N) is 2. The lowest BCUT2D eigenvalue weighted by atomic mass is 9.99. The summed E-state index contributed by atoms with van der Waals surface area (Å²) in [6, 6.07) is 9.01. The van der Waals surface area contributed by atoms with E-state index in [0.29, 0.717) is 61.8 Å². The average molecular weight is 1150 g/mol. The Labute approximate surface area is 477 Å². The number of aromatic carboxylic acids is 5. The van der Waals surface area contributed by atoms with Crippen LogP contribution in [0.3, 0.4) is 0 Å². The number of likely N-dealkylation sites (N-methyl/N-ethyl adjacent to an activating group) is 1. The number of carboxylic acids is 5. The number of nitrogens with two attached hydrogens (primary N) is 1. The molecule has 31 heteroatoms. The fourth-order valence-corrected chi connectivity index (χ4v) is 9.97. The van der Waals surface area contributed by atoms with Gasteiger partial charge in [0.15, 0.2) is 28.5 Å². The predicted molar refractivity (Wildman–Crippen MR) is 300 cm³/mol. The summed E-state index contributed by atoms with van der Waals surface area (Å²) >= 11 is 0. The van der Waals surface area contributed by atoms with Crippen LogP contribution in [-0.2, 0) is 4.79 Å². The Morgan fingerprint density at radius 1 is 0.518 bits per heavy atom. The van der Waals surface area contributed by atoms with Crippen LogP contribution >= 0.6 is 0 Å². The standard InChI is InChI=1S/C13H18N4O2.C12H16N4O2.C11H16N4O2.C9H10N4O3.C7H10N4O2/c18-13(19)11-7-12(15-9-14-11)17-6-5-16-4-2-1-3-10(16)8-17;17-12(18)10-6-11(14-8-13-10)16-5-4-15-3-1-2-9(15)7-16;1-8-6-15(4-3-14(8)2)10-5-9(11(16)17)12-7-13-10;14-8-4-13(2-1-10-8)7-3-6(9(15)16)11-5-12-7;8-1-2-9-6-3-5(7(12)13)10-4-11-6/h7,9-10H,1-6,8H2,(H,18,19);6,8-9H,1-5,7H2,(H,17,18);5,7-8H,3-4,6H2,1-2H3,(H,16,17);3,5H,1-2,4H2,(H,10,14)(H,15,16);3-4H,1-2,8H2,(H,12,13)(H,9,10,11). The summed E-state index contributed by atoms with van der Waals surface area (Å²) in [6.45, 7) is 15.3. The topological polar surface area (TPSA) is 405 Å². The van der Waals surface area contributed by atoms with E-state index in [4.69, 9.17) is 31.3 Å². The zero-order valence-electron chi connectivity index (χ0n) is 46.2. The number of hydrogen-bond donors (Lipinski definition) is 8. The number of hydrogen-bond acceptors (Lipinski definition) is 25. The van der Waals surface area contributed by atoms with E-state index in [1.165, 1.54) is 95.0 Å². The van der Waals surface area contributed by atoms with Crippen LogP contribution in [0.1, 0.15) is 91.5 Å². The highest BCUT2D eigenvalue weighted by atomic mass is 16.4. The number of rotatable bonds is 12. The van der Waals surface area contributed by atoms with Crippen molar-refractivity contribution in [1.82, 2.24) is 69.9 Å². The van der Waals surface area contributed by atoms with Gasteiger partial charge in [-0.2, -0.15) is 0 Å². The molecule has 9 N–H and O–H groups in total. The van der Waals surface area contributed by atoms with Gasteiger partial charge in [-0.1, -0.05) is 6.42 Å². The Kier molecular flexibility index (Phi) is 22.4. The summed E-state index contributed by atoms with van der Waals surface area (Å²) in [7, 11) is 2.09. The van der Waals surface area contributed by atoms with Crippen molar-refractivity contribution in [3.8, 4) is 0 Å². The van der Waals surface area contributed by atoms with E-state index in [1.807, 2.05) is 0 Å². The average Bonchev–Trinajstić information content (AvgIpc) is 4.02. The van der Waals surface area contributed by atoms with Gasteiger partial charge in [-0.15, -0.1) is 0 Å². The summed E-state index contributed by atoms with van der Waals surface area (Å²) in [5, 5.41) is 49.7. The first-order valence-corrected chi connectivity index (χ1v) is 27.1. The number of anilines is 5. The summed E-state index contributed by atoms with van der Waals surface area (Å²) < 4.78 is 0. The first-order chi connectivity index (χ1) is 40.0. The second kappa shape index (κ2) is 30.2. The molecule has 11 rings (SSSR count). The number of nitrogens with zero attached hydrogens (tertiary/aromatic N) is 17. The molecule has 444 valence electrons. The van der Waals surface area contributed by atoms with Gasteiger partial charge in [0.2, 0.25) is 5.91 Å². The molecule has 0 radical (unpaired) electrons. The molecule has 5 aromatic heterocycles. The molecule has 83 heavy (non-hydrogen) atoms. The predicted octanol–water partition coefficient (Wildman–Crippen LogP) is 0.280. The molecule has 3 atom stereocenters. The van der Waals surface area contributed by atoms with Crippen LogP contribution in [-0.4, -0.2) is 256 Å². The number of fused-ring (bicyclic) bond motifs is 2. The zero-order valence-corrected chi connectivity index (χ0v) is 46.2. The lowest BCUT2D eigenvalue weighted by Crippen LogP contribution is -2.55. The fourth-order valence-electron chi connectivity index (χ4n) is 9.97. The van der Waals surface area contributed by atoms with Crippen molar-refractivity contribution >= 4 is 64.8 Å². The number of piperidine rings is 1. The second-order valence-corrected chi connectivity index (χ2v) is 20.0. The number of aromatic nitrogens is 10. The van der Waals surface area contributed by atoms with E-state index in [-0.39, 0.29) is 40.9 Å². The third-order valence-electron chi connectivity index (χ3n) is 14.5. The number of carboxylic acid groups (broad SMARTS) is 5. The molecule has 5 aromatic rings. The summed E-state index contributed by atoms with van der Waals surface area (Å²) in [5.41, 5.74) is 5.32. The van der Waals surface area contributed by atoms with E-state index >= 15 is 0 Å². The molecular formula is C52H70N20O11. The van der Waals surface area contributed by atoms with Gasteiger partial charge in [-0.3, -0.25) is 14.6 Å². The van der Waals surface area contributed by atoms with Crippen LogP contribution in [0.4, 0.5) is 29.1 Å². The molecule has 0 saturated carbocycles. The Bertz CT molecular complexity index is 3020. The Hall–Kier alpha value is -8.94. The van der Waals surface area contributed by atoms with E-state index in [1.54, 1.807) is 17.0 Å². The van der Waals surface area contributed by atoms with Crippen LogP contribution in [0.2, 0.25) is 0 Å². The Balaban J connectivity index is 0.000000150. The van der Waals surface area contributed by atoms with Gasteiger partial charge in [0.25, 0.3) is 0 Å². The maximum atomic E-state index is 11.2. The van der Waals surface area contributed by atoms with Gasteiger partial charge < -0.3 is 66.4 Å². The third kappa shape index (κ3) is 18.0. The molecule has 6 fully saturated rings. The maximum Gasteiger partial charge on any atom is 0.354 e. The van der Waals surface area contributed by atoms with E-state index in [0.717, 1.165) is 70.5 Å². The molecule has 3 unspecified atom stereocenters. The van der Waals surface area contributed by atoms with E-state index in [9.17, 15) is 28.8 Å². The minimum Gasteiger partial charge on any atom is -0.477 e. The Morgan fingerprint density at radius 3 is 1.37 bits per heavy atom. The van der Waals surface area contributed by atoms with Crippen LogP contribution in [0, 0.1) is 0 Å². The highest BCUT2D eigenvalue weighted by Gasteiger charge is 2.32. The zero-order chi connectivity index (χ0) is 59.4. The molecule has 6 aliphatic heterocycles. The summed E-state index contributed by atoms with van der Waals surface area (Å²) in [6.07, 6.45) is 12.7. The third-order valence-corrected chi connectivity index (χ3v) is 14.5. The van der Waals surface area contributed by atoms with Gasteiger partial charge in [0.1, 0.15) is 60.7 Å². The first kappa shape index (κ1) is 61.7. The molecule has 31 nitrogen and oxygen atoms in total. The normalized spacial score (nSPS) is 19.7. The van der Waals surface area contributed by atoms with Gasteiger partial charge in [0.05, 0.1) is 6.54 Å². The quantitative estimate of drug-likeness (QED) is 0.0831. The lowest BCUT2D eigenvalue weighted by molar-refractivity contribution is -0.120. The Morgan fingerprint density at radius 2 is 0.928 bits per heavy atom. The summed E-state index contributed by atoms with van der Waals surface area (Å²) in [4.78, 5) is 119. The lowest BCUT2D eigenvalue weighted by Gasteiger charge is -2.44. The van der Waals surface area contributed by atoms with Gasteiger partial charge in [-0.05, 0) is 52.7 Å². The van der Waals surface area contributed by atoms with Crippen LogP contribution in [0.25, 0.3) is 0 Å². The summed E-state index contributed by atoms with van der Waals surface area (Å²) in [5.74, 6) is -2.21. The molecule has 1 amide bonds. The number of carbonyl (C=O) groups excluding carboxylic acids is 1. The van der Waals surface area contributed by atoms with Crippen molar-refractivity contribution in [3.05, 3.63) is 90.4 Å². The monoisotopic (exact) mass is 1150 g/mol. The molecule has 0 spiro atoms. The molecule has 11 heterocycles. The van der Waals surface area contributed by atoms with Crippen molar-refractivity contribution in [2.75, 3.05) is 137 Å². The maximum absolute atomic E-state index is 11.2. The first-order valence-electron chi connectivity index (χ1n) is 27.1. The second-order valence-electron chi connectivity index (χ2n) is 20.0.